The normalized spacial score (nSPS) is 10.8. The monoisotopic (exact) mass is 289 g/mol. The van der Waals surface area contributed by atoms with Crippen LogP contribution in [0.4, 0.5) is 4.39 Å². The molecule has 2 aromatic rings. The smallest absolute Gasteiger partial charge is 0.137 e. The summed E-state index contributed by atoms with van der Waals surface area (Å²) >= 11 is 1.51. The molecule has 0 fully saturated rings. The van der Waals surface area contributed by atoms with E-state index >= 15 is 0 Å². The number of halogens is 1. The molecule has 0 amide bonds. The number of hydrogen-bond acceptors (Lipinski definition) is 2. The van der Waals surface area contributed by atoms with Gasteiger partial charge in [0.2, 0.25) is 0 Å². The fourth-order valence-corrected chi connectivity index (χ4v) is 3.10. The van der Waals surface area contributed by atoms with Crippen LogP contribution < -0.4 is 5.32 Å². The van der Waals surface area contributed by atoms with Gasteiger partial charge in [0.1, 0.15) is 5.82 Å². The van der Waals surface area contributed by atoms with Crippen LogP contribution in [0.5, 0.6) is 0 Å². The highest BCUT2D eigenvalue weighted by atomic mass is 32.2. The average Bonchev–Trinajstić information content (AvgIpc) is 2.42. The maximum atomic E-state index is 14.1. The van der Waals surface area contributed by atoms with Crippen LogP contribution in [0.25, 0.3) is 0 Å². The van der Waals surface area contributed by atoms with Gasteiger partial charge in [0.15, 0.2) is 0 Å². The van der Waals surface area contributed by atoms with Crippen molar-refractivity contribution in [1.29, 1.82) is 0 Å². The Balaban J connectivity index is 2.32. The lowest BCUT2D eigenvalue weighted by Crippen LogP contribution is -2.12. The van der Waals surface area contributed by atoms with E-state index in [0.29, 0.717) is 6.54 Å². The van der Waals surface area contributed by atoms with Gasteiger partial charge in [0, 0.05) is 11.4 Å². The van der Waals surface area contributed by atoms with E-state index in [9.17, 15) is 4.39 Å². The van der Waals surface area contributed by atoms with Crippen molar-refractivity contribution >= 4 is 11.8 Å². The zero-order valence-electron chi connectivity index (χ0n) is 12.2. The Bertz CT molecular complexity index is 596. The second-order valence-electron chi connectivity index (χ2n) is 4.88. The topological polar surface area (TPSA) is 12.0 Å². The number of rotatable bonds is 5. The molecule has 0 bridgehead atoms. The minimum Gasteiger partial charge on any atom is -0.313 e. The maximum absolute atomic E-state index is 14.1. The fourth-order valence-electron chi connectivity index (χ4n) is 2.09. The summed E-state index contributed by atoms with van der Waals surface area (Å²) in [7, 11) is 0. The summed E-state index contributed by atoms with van der Waals surface area (Å²) in [6.45, 7) is 7.77. The molecule has 0 atom stereocenters. The van der Waals surface area contributed by atoms with Gasteiger partial charge in [-0.25, -0.2) is 4.39 Å². The Morgan fingerprint density at radius 1 is 1.15 bits per heavy atom. The van der Waals surface area contributed by atoms with Crippen molar-refractivity contribution in [1.82, 2.24) is 5.32 Å². The van der Waals surface area contributed by atoms with Gasteiger partial charge in [-0.3, -0.25) is 0 Å². The minimum atomic E-state index is -0.148. The van der Waals surface area contributed by atoms with Gasteiger partial charge in [-0.15, -0.1) is 0 Å². The van der Waals surface area contributed by atoms with Crippen LogP contribution in [0.15, 0.2) is 46.2 Å². The molecule has 0 aromatic heterocycles. The Morgan fingerprint density at radius 3 is 2.65 bits per heavy atom. The predicted octanol–water partition coefficient (Wildman–Crippen LogP) is 4.70. The lowest BCUT2D eigenvalue weighted by molar-refractivity contribution is 0.591. The summed E-state index contributed by atoms with van der Waals surface area (Å²) in [6, 6.07) is 11.6. The zero-order valence-corrected chi connectivity index (χ0v) is 13.0. The van der Waals surface area contributed by atoms with Crippen molar-refractivity contribution in [3.8, 4) is 0 Å². The number of nitrogens with one attached hydrogen (secondary N) is 1. The molecule has 20 heavy (non-hydrogen) atoms. The highest BCUT2D eigenvalue weighted by molar-refractivity contribution is 7.99. The third-order valence-electron chi connectivity index (χ3n) is 3.16. The van der Waals surface area contributed by atoms with Crippen molar-refractivity contribution in [2.24, 2.45) is 0 Å². The summed E-state index contributed by atoms with van der Waals surface area (Å²) < 4.78 is 14.1. The maximum Gasteiger partial charge on any atom is 0.137 e. The highest BCUT2D eigenvalue weighted by Crippen LogP contribution is 2.34. The van der Waals surface area contributed by atoms with Crippen molar-refractivity contribution in [2.75, 3.05) is 6.54 Å². The van der Waals surface area contributed by atoms with Crippen LogP contribution in [0, 0.1) is 19.7 Å². The summed E-state index contributed by atoms with van der Waals surface area (Å²) in [5.74, 6) is -0.148. The van der Waals surface area contributed by atoms with Gasteiger partial charge in [-0.1, -0.05) is 48.5 Å². The van der Waals surface area contributed by atoms with Crippen LogP contribution in [0.2, 0.25) is 0 Å². The molecule has 0 aliphatic heterocycles. The van der Waals surface area contributed by atoms with Crippen molar-refractivity contribution < 1.29 is 4.39 Å². The Kier molecular flexibility index (Phi) is 5.21. The van der Waals surface area contributed by atoms with E-state index in [1.807, 2.05) is 6.07 Å². The van der Waals surface area contributed by atoms with E-state index in [-0.39, 0.29) is 5.82 Å². The molecule has 0 saturated carbocycles. The van der Waals surface area contributed by atoms with Crippen molar-refractivity contribution in [2.45, 2.75) is 37.1 Å². The van der Waals surface area contributed by atoms with E-state index < -0.39 is 0 Å². The lowest BCUT2D eigenvalue weighted by atomic mass is 10.2. The van der Waals surface area contributed by atoms with E-state index in [1.54, 1.807) is 6.07 Å². The van der Waals surface area contributed by atoms with Crippen LogP contribution in [0.3, 0.4) is 0 Å². The first-order chi connectivity index (χ1) is 9.61. The first kappa shape index (κ1) is 15.1. The highest BCUT2D eigenvalue weighted by Gasteiger charge is 2.11. The molecule has 2 rings (SSSR count). The zero-order chi connectivity index (χ0) is 14.5. The second-order valence-corrected chi connectivity index (χ2v) is 5.93. The molecule has 2 aromatic carbocycles. The van der Waals surface area contributed by atoms with Gasteiger partial charge < -0.3 is 5.32 Å². The Morgan fingerprint density at radius 2 is 1.95 bits per heavy atom. The Hall–Kier alpha value is -1.32. The van der Waals surface area contributed by atoms with Crippen LogP contribution in [-0.4, -0.2) is 6.54 Å². The second kappa shape index (κ2) is 6.91. The van der Waals surface area contributed by atoms with E-state index in [1.165, 1.54) is 29.0 Å². The fraction of sp³-hybridized carbons (Fsp3) is 0.294. The molecule has 0 unspecified atom stereocenters. The molecular weight excluding hydrogens is 269 g/mol. The summed E-state index contributed by atoms with van der Waals surface area (Å²) in [6.07, 6.45) is 0. The summed E-state index contributed by atoms with van der Waals surface area (Å²) in [4.78, 5) is 1.83. The SMILES string of the molecule is CCNCc1cccc(F)c1Sc1ccc(C)cc1C. The van der Waals surface area contributed by atoms with Crippen molar-refractivity contribution in [3.63, 3.8) is 0 Å². The third kappa shape index (κ3) is 3.62. The first-order valence-electron chi connectivity index (χ1n) is 6.85. The molecule has 0 aliphatic rings. The molecule has 106 valence electrons. The molecule has 0 radical (unpaired) electrons. The lowest BCUT2D eigenvalue weighted by Gasteiger charge is -2.12. The van der Waals surface area contributed by atoms with Crippen LogP contribution >= 0.6 is 11.8 Å². The summed E-state index contributed by atoms with van der Waals surface area (Å²) in [5, 5.41) is 3.26. The van der Waals surface area contributed by atoms with Gasteiger partial charge >= 0.3 is 0 Å². The first-order valence-corrected chi connectivity index (χ1v) is 7.66. The van der Waals surface area contributed by atoms with Gasteiger partial charge in [0.25, 0.3) is 0 Å². The van der Waals surface area contributed by atoms with E-state index in [2.05, 4.69) is 44.3 Å². The molecule has 0 aliphatic carbocycles. The molecule has 0 heterocycles. The number of benzene rings is 2. The Labute approximate surface area is 124 Å². The van der Waals surface area contributed by atoms with Gasteiger partial charge in [0.05, 0.1) is 4.90 Å². The number of aryl methyl sites for hydroxylation is 2. The average molecular weight is 289 g/mol. The third-order valence-corrected chi connectivity index (χ3v) is 4.50. The molecule has 1 N–H and O–H groups in total. The molecular formula is C17H20FNS. The predicted molar refractivity (Wildman–Crippen MR) is 83.8 cm³/mol. The molecule has 0 saturated heterocycles. The quantitative estimate of drug-likeness (QED) is 0.856. The van der Waals surface area contributed by atoms with E-state index in [4.69, 9.17) is 0 Å². The van der Waals surface area contributed by atoms with Crippen molar-refractivity contribution in [3.05, 3.63) is 58.9 Å². The van der Waals surface area contributed by atoms with Crippen LogP contribution in [-0.2, 0) is 6.54 Å². The van der Waals surface area contributed by atoms with Gasteiger partial charge in [-0.05, 0) is 43.7 Å². The number of hydrogen-bond donors (Lipinski definition) is 1. The molecule has 3 heteroatoms. The van der Waals surface area contributed by atoms with Crippen LogP contribution in [0.1, 0.15) is 23.6 Å². The molecule has 1 nitrogen and oxygen atoms in total. The largest absolute Gasteiger partial charge is 0.313 e. The molecule has 0 spiro atoms. The van der Waals surface area contributed by atoms with Gasteiger partial charge in [-0.2, -0.15) is 0 Å². The standard InChI is InChI=1S/C17H20FNS/c1-4-19-11-14-6-5-7-15(18)17(14)20-16-9-8-12(2)10-13(16)3/h5-10,19H,4,11H2,1-3H3. The minimum absolute atomic E-state index is 0.148. The summed E-state index contributed by atoms with van der Waals surface area (Å²) in [5.41, 5.74) is 3.43. The van der Waals surface area contributed by atoms with E-state index in [0.717, 1.165) is 21.9 Å².